The molecule has 112 valence electrons. The number of hydrogen-bond donors (Lipinski definition) is 2. The van der Waals surface area contributed by atoms with Crippen LogP contribution >= 0.6 is 0 Å². The zero-order valence-electron chi connectivity index (χ0n) is 11.8. The monoisotopic (exact) mass is 305 g/mol. The van der Waals surface area contributed by atoms with Crippen molar-refractivity contribution in [1.82, 2.24) is 0 Å². The maximum absolute atomic E-state index is 11.6. The summed E-state index contributed by atoms with van der Waals surface area (Å²) in [5.41, 5.74) is 8.80. The molecule has 2 rings (SSSR count). The van der Waals surface area contributed by atoms with Crippen molar-refractivity contribution >= 4 is 9.84 Å². The van der Waals surface area contributed by atoms with E-state index in [1.807, 2.05) is 42.5 Å². The van der Waals surface area contributed by atoms with E-state index in [4.69, 9.17) is 5.73 Å². The molecule has 2 atom stereocenters. The molecule has 0 amide bonds. The summed E-state index contributed by atoms with van der Waals surface area (Å²) in [5, 5.41) is 8.28. The van der Waals surface area contributed by atoms with Gasteiger partial charge in [-0.05, 0) is 16.7 Å². The van der Waals surface area contributed by atoms with Crippen molar-refractivity contribution in [3.63, 3.8) is 0 Å². The predicted molar refractivity (Wildman–Crippen MR) is 84.5 cm³/mol. The van der Waals surface area contributed by atoms with Crippen molar-refractivity contribution in [1.29, 1.82) is 0 Å². The van der Waals surface area contributed by atoms with Gasteiger partial charge in [-0.25, -0.2) is 8.42 Å². The first-order valence-electron chi connectivity index (χ1n) is 6.64. The minimum absolute atomic E-state index is 0.486. The van der Waals surface area contributed by atoms with Crippen molar-refractivity contribution in [3.8, 4) is 11.1 Å². The van der Waals surface area contributed by atoms with Crippen LogP contribution in [0.1, 0.15) is 11.6 Å². The molecule has 2 aromatic carbocycles. The predicted octanol–water partition coefficient (Wildman–Crippen LogP) is 1.76. The van der Waals surface area contributed by atoms with E-state index in [0.717, 1.165) is 17.4 Å². The van der Waals surface area contributed by atoms with Crippen molar-refractivity contribution in [2.45, 2.75) is 11.3 Å². The fraction of sp³-hybridized carbons (Fsp3) is 0.250. The Morgan fingerprint density at radius 2 is 1.52 bits per heavy atom. The van der Waals surface area contributed by atoms with E-state index >= 15 is 0 Å². The van der Waals surface area contributed by atoms with Crippen LogP contribution in [0.2, 0.25) is 0 Å². The van der Waals surface area contributed by atoms with E-state index < -0.39 is 27.7 Å². The van der Waals surface area contributed by atoms with Gasteiger partial charge in [0.25, 0.3) is 0 Å². The topological polar surface area (TPSA) is 80.4 Å². The molecule has 0 aromatic heterocycles. The maximum atomic E-state index is 11.6. The van der Waals surface area contributed by atoms with Crippen LogP contribution in [-0.2, 0) is 9.84 Å². The molecule has 0 fully saturated rings. The molecule has 0 heterocycles. The van der Waals surface area contributed by atoms with Gasteiger partial charge in [0.1, 0.15) is 5.25 Å². The van der Waals surface area contributed by atoms with Crippen molar-refractivity contribution in [2.75, 3.05) is 12.9 Å². The summed E-state index contributed by atoms with van der Waals surface area (Å²) in [7, 11) is -3.40. The smallest absolute Gasteiger partial charge is 0.154 e. The quantitative estimate of drug-likeness (QED) is 0.882. The Morgan fingerprint density at radius 3 is 2.00 bits per heavy atom. The minimum Gasteiger partial charge on any atom is -0.395 e. The molecule has 2 aromatic rings. The van der Waals surface area contributed by atoms with Crippen LogP contribution in [-0.4, -0.2) is 31.6 Å². The van der Waals surface area contributed by atoms with Crippen molar-refractivity contribution < 1.29 is 13.5 Å². The third-order valence-electron chi connectivity index (χ3n) is 3.53. The number of aliphatic hydroxyl groups is 1. The molecule has 0 saturated heterocycles. The fourth-order valence-corrected chi connectivity index (χ4v) is 3.22. The summed E-state index contributed by atoms with van der Waals surface area (Å²) in [6.07, 6.45) is 1.09. The Hall–Kier alpha value is -1.69. The Morgan fingerprint density at radius 1 is 1.00 bits per heavy atom. The van der Waals surface area contributed by atoms with E-state index in [1.54, 1.807) is 12.1 Å². The molecule has 0 aliphatic rings. The average molecular weight is 305 g/mol. The van der Waals surface area contributed by atoms with Crippen molar-refractivity contribution in [2.24, 2.45) is 5.73 Å². The van der Waals surface area contributed by atoms with Gasteiger partial charge in [-0.2, -0.15) is 0 Å². The number of rotatable bonds is 5. The lowest BCUT2D eigenvalue weighted by atomic mass is 10.00. The Labute approximate surface area is 125 Å². The first kappa shape index (κ1) is 15.7. The maximum Gasteiger partial charge on any atom is 0.154 e. The molecule has 0 bridgehead atoms. The highest BCUT2D eigenvalue weighted by Crippen LogP contribution is 2.24. The number of sulfone groups is 1. The molecule has 0 radical (unpaired) electrons. The second-order valence-corrected chi connectivity index (χ2v) is 7.33. The van der Waals surface area contributed by atoms with Crippen molar-refractivity contribution in [3.05, 3.63) is 60.2 Å². The first-order valence-corrected chi connectivity index (χ1v) is 8.59. The SMILES string of the molecule is CS(=O)(=O)[C@H](CO)[C@@H](N)c1ccc(-c2ccccc2)cc1. The van der Waals surface area contributed by atoms with Crippen LogP contribution < -0.4 is 5.73 Å². The Balaban J connectivity index is 2.27. The van der Waals surface area contributed by atoms with Gasteiger partial charge < -0.3 is 10.8 Å². The summed E-state index contributed by atoms with van der Waals surface area (Å²) in [5.74, 6) is 0. The van der Waals surface area contributed by atoms with Crippen LogP contribution in [0, 0.1) is 0 Å². The third-order valence-corrected chi connectivity index (χ3v) is 5.08. The zero-order chi connectivity index (χ0) is 15.5. The summed E-state index contributed by atoms with van der Waals surface area (Å²) >= 11 is 0. The van der Waals surface area contributed by atoms with E-state index in [0.29, 0.717) is 5.56 Å². The number of benzene rings is 2. The lowest BCUT2D eigenvalue weighted by molar-refractivity contribution is 0.278. The molecule has 21 heavy (non-hydrogen) atoms. The van der Waals surface area contributed by atoms with E-state index in [-0.39, 0.29) is 0 Å². The molecular formula is C16H19NO3S. The van der Waals surface area contributed by atoms with Crippen LogP contribution in [0.15, 0.2) is 54.6 Å². The molecular weight excluding hydrogens is 286 g/mol. The normalized spacial score (nSPS) is 14.6. The first-order chi connectivity index (χ1) is 9.93. The summed E-state index contributed by atoms with van der Waals surface area (Å²) in [6.45, 7) is -0.486. The van der Waals surface area contributed by atoms with Gasteiger partial charge in [-0.15, -0.1) is 0 Å². The fourth-order valence-electron chi connectivity index (χ4n) is 2.26. The van der Waals surface area contributed by atoms with Gasteiger partial charge >= 0.3 is 0 Å². The van der Waals surface area contributed by atoms with E-state index in [9.17, 15) is 13.5 Å². The minimum atomic E-state index is -3.40. The molecule has 3 N–H and O–H groups in total. The third kappa shape index (κ3) is 3.69. The summed E-state index contributed by atoms with van der Waals surface area (Å²) in [4.78, 5) is 0. The van der Waals surface area contributed by atoms with Gasteiger partial charge in [0, 0.05) is 12.3 Å². The molecule has 0 aliphatic heterocycles. The highest BCUT2D eigenvalue weighted by molar-refractivity contribution is 7.91. The molecule has 0 aliphatic carbocycles. The van der Waals surface area contributed by atoms with Gasteiger partial charge in [0.15, 0.2) is 9.84 Å². The zero-order valence-corrected chi connectivity index (χ0v) is 12.6. The molecule has 5 heteroatoms. The van der Waals surface area contributed by atoms with Gasteiger partial charge in [0.05, 0.1) is 6.61 Å². The average Bonchev–Trinajstić information content (AvgIpc) is 2.47. The van der Waals surface area contributed by atoms with E-state index in [1.165, 1.54) is 0 Å². The summed E-state index contributed by atoms with van der Waals surface area (Å²) in [6, 6.07) is 16.6. The van der Waals surface area contributed by atoms with Gasteiger partial charge in [-0.1, -0.05) is 54.6 Å². The van der Waals surface area contributed by atoms with Crippen LogP contribution in [0.25, 0.3) is 11.1 Å². The molecule has 0 unspecified atom stereocenters. The largest absolute Gasteiger partial charge is 0.395 e. The molecule has 0 saturated carbocycles. The number of nitrogens with two attached hydrogens (primary N) is 1. The lowest BCUT2D eigenvalue weighted by Crippen LogP contribution is -2.36. The summed E-state index contributed by atoms with van der Waals surface area (Å²) < 4.78 is 23.3. The van der Waals surface area contributed by atoms with Crippen LogP contribution in [0.4, 0.5) is 0 Å². The van der Waals surface area contributed by atoms with Gasteiger partial charge in [-0.3, -0.25) is 0 Å². The molecule has 4 nitrogen and oxygen atoms in total. The Kier molecular flexibility index (Phi) is 4.77. The Bertz CT molecular complexity index is 681. The van der Waals surface area contributed by atoms with Gasteiger partial charge in [0.2, 0.25) is 0 Å². The molecule has 0 spiro atoms. The highest BCUT2D eigenvalue weighted by atomic mass is 32.2. The standard InChI is InChI=1S/C16H19NO3S/c1-21(19,20)15(11-18)16(17)14-9-7-13(8-10-14)12-5-3-2-4-6-12/h2-10,15-16,18H,11,17H2,1H3/t15-,16+/m1/s1. The highest BCUT2D eigenvalue weighted by Gasteiger charge is 2.28. The van der Waals surface area contributed by atoms with Crippen LogP contribution in [0.5, 0.6) is 0 Å². The number of aliphatic hydroxyl groups excluding tert-OH is 1. The second-order valence-electron chi connectivity index (χ2n) is 5.06. The second kappa shape index (κ2) is 6.39. The lowest BCUT2D eigenvalue weighted by Gasteiger charge is -2.20. The number of hydrogen-bond acceptors (Lipinski definition) is 4. The van der Waals surface area contributed by atoms with E-state index in [2.05, 4.69) is 0 Å². The van der Waals surface area contributed by atoms with Crippen LogP contribution in [0.3, 0.4) is 0 Å².